The summed E-state index contributed by atoms with van der Waals surface area (Å²) in [4.78, 5) is 24.5. The fourth-order valence-corrected chi connectivity index (χ4v) is 2.68. The molecule has 2 aromatic rings. The molecule has 0 spiro atoms. The van der Waals surface area contributed by atoms with Gasteiger partial charge in [0.25, 0.3) is 0 Å². The van der Waals surface area contributed by atoms with Gasteiger partial charge in [-0.25, -0.2) is 0 Å². The van der Waals surface area contributed by atoms with Gasteiger partial charge in [0.15, 0.2) is 0 Å². The summed E-state index contributed by atoms with van der Waals surface area (Å²) >= 11 is 7.54. The predicted octanol–water partition coefficient (Wildman–Crippen LogP) is 4.42. The summed E-state index contributed by atoms with van der Waals surface area (Å²) in [5.74, 6) is 0.0373. The monoisotopic (exact) mass is 348 g/mol. The van der Waals surface area contributed by atoms with Gasteiger partial charge in [0, 0.05) is 17.0 Å². The lowest BCUT2D eigenvalue weighted by atomic mass is 10.2. The number of carbonyl (C=O) groups excluding carboxylic acids is 2. The van der Waals surface area contributed by atoms with Gasteiger partial charge in [0.05, 0.1) is 16.5 Å². The molecule has 0 aliphatic carbocycles. The highest BCUT2D eigenvalue weighted by Crippen LogP contribution is 2.26. The van der Waals surface area contributed by atoms with Gasteiger partial charge in [-0.05, 0) is 30.3 Å². The van der Waals surface area contributed by atoms with Crippen LogP contribution in [0.15, 0.2) is 53.4 Å². The Morgan fingerprint density at radius 3 is 2.48 bits per heavy atom. The van der Waals surface area contributed by atoms with Crippen molar-refractivity contribution in [2.45, 2.75) is 18.2 Å². The van der Waals surface area contributed by atoms with Crippen molar-refractivity contribution in [1.82, 2.24) is 0 Å². The first kappa shape index (κ1) is 17.4. The van der Waals surface area contributed by atoms with Gasteiger partial charge >= 0.3 is 0 Å². The van der Waals surface area contributed by atoms with E-state index in [1.807, 2.05) is 30.3 Å². The standard InChI is InChI=1S/C17H17ClN2O2S/c1-2-16(21)19-12-8-9-14(18)15(10-12)20-17(22)11-23-13-6-4-3-5-7-13/h3-10H,2,11H2,1H3,(H,19,21)(H,20,22). The van der Waals surface area contributed by atoms with Crippen molar-refractivity contribution in [2.24, 2.45) is 0 Å². The van der Waals surface area contributed by atoms with Crippen LogP contribution in [0.1, 0.15) is 13.3 Å². The maximum atomic E-state index is 12.0. The van der Waals surface area contributed by atoms with Crippen molar-refractivity contribution in [3.8, 4) is 0 Å². The third kappa shape index (κ3) is 5.62. The molecule has 0 aromatic heterocycles. The molecule has 0 bridgehead atoms. The number of nitrogens with one attached hydrogen (secondary N) is 2. The van der Waals surface area contributed by atoms with Crippen LogP contribution < -0.4 is 10.6 Å². The second kappa shape index (κ2) is 8.60. The van der Waals surface area contributed by atoms with E-state index >= 15 is 0 Å². The lowest BCUT2D eigenvalue weighted by Crippen LogP contribution is -2.15. The quantitative estimate of drug-likeness (QED) is 0.760. The summed E-state index contributed by atoms with van der Waals surface area (Å²) in [5.41, 5.74) is 1.09. The minimum absolute atomic E-state index is 0.0933. The molecule has 0 unspecified atom stereocenters. The maximum absolute atomic E-state index is 12.0. The molecule has 2 rings (SSSR count). The van der Waals surface area contributed by atoms with Crippen LogP contribution in [0.4, 0.5) is 11.4 Å². The molecule has 2 N–H and O–H groups in total. The average Bonchev–Trinajstić information content (AvgIpc) is 2.57. The highest BCUT2D eigenvalue weighted by Gasteiger charge is 2.09. The van der Waals surface area contributed by atoms with E-state index in [-0.39, 0.29) is 17.6 Å². The molecule has 4 nitrogen and oxygen atoms in total. The van der Waals surface area contributed by atoms with E-state index in [1.54, 1.807) is 25.1 Å². The Hall–Kier alpha value is -1.98. The molecule has 6 heteroatoms. The fourth-order valence-electron chi connectivity index (χ4n) is 1.80. The Bertz CT molecular complexity index is 692. The molecule has 0 saturated heterocycles. The third-order valence-corrected chi connectivity index (χ3v) is 4.30. The molecule has 120 valence electrons. The second-order valence-corrected chi connectivity index (χ2v) is 6.20. The van der Waals surface area contributed by atoms with E-state index in [4.69, 9.17) is 11.6 Å². The number of thioether (sulfide) groups is 1. The summed E-state index contributed by atoms with van der Waals surface area (Å²) in [7, 11) is 0. The van der Waals surface area contributed by atoms with Crippen LogP contribution in [0.25, 0.3) is 0 Å². The molecule has 0 radical (unpaired) electrons. The van der Waals surface area contributed by atoms with E-state index in [0.717, 1.165) is 4.90 Å². The van der Waals surface area contributed by atoms with Gasteiger partial charge in [0.1, 0.15) is 0 Å². The van der Waals surface area contributed by atoms with Crippen molar-refractivity contribution in [3.63, 3.8) is 0 Å². The number of hydrogen-bond acceptors (Lipinski definition) is 3. The zero-order valence-electron chi connectivity index (χ0n) is 12.6. The number of amides is 2. The van der Waals surface area contributed by atoms with Crippen LogP contribution in [0, 0.1) is 0 Å². The molecule has 23 heavy (non-hydrogen) atoms. The van der Waals surface area contributed by atoms with Crippen LogP contribution >= 0.6 is 23.4 Å². The summed E-state index contributed by atoms with van der Waals surface area (Å²) in [6.07, 6.45) is 0.387. The second-order valence-electron chi connectivity index (χ2n) is 4.75. The zero-order valence-corrected chi connectivity index (χ0v) is 14.2. The Kier molecular flexibility index (Phi) is 6.50. The van der Waals surface area contributed by atoms with E-state index in [2.05, 4.69) is 10.6 Å². The maximum Gasteiger partial charge on any atom is 0.234 e. The Morgan fingerprint density at radius 2 is 1.78 bits per heavy atom. The van der Waals surface area contributed by atoms with Gasteiger partial charge in [-0.3, -0.25) is 9.59 Å². The first-order valence-electron chi connectivity index (χ1n) is 7.15. The first-order chi connectivity index (χ1) is 11.1. The van der Waals surface area contributed by atoms with Gasteiger partial charge in [-0.2, -0.15) is 0 Å². The summed E-state index contributed by atoms with van der Waals surface area (Å²) in [6.45, 7) is 1.77. The Balaban J connectivity index is 1.96. The van der Waals surface area contributed by atoms with Crippen LogP contribution in [-0.2, 0) is 9.59 Å². The molecule has 2 amide bonds. The first-order valence-corrected chi connectivity index (χ1v) is 8.52. The predicted molar refractivity (Wildman–Crippen MR) is 96.2 cm³/mol. The van der Waals surface area contributed by atoms with Crippen molar-refractivity contribution < 1.29 is 9.59 Å². The Morgan fingerprint density at radius 1 is 1.04 bits per heavy atom. The fraction of sp³-hybridized carbons (Fsp3) is 0.176. The van der Waals surface area contributed by atoms with Gasteiger partial charge in [-0.1, -0.05) is 36.7 Å². The number of rotatable bonds is 6. The van der Waals surface area contributed by atoms with Crippen LogP contribution in [0.3, 0.4) is 0 Å². The highest BCUT2D eigenvalue weighted by molar-refractivity contribution is 8.00. The SMILES string of the molecule is CCC(=O)Nc1ccc(Cl)c(NC(=O)CSc2ccccc2)c1. The van der Waals surface area contributed by atoms with Gasteiger partial charge in [0.2, 0.25) is 11.8 Å². The van der Waals surface area contributed by atoms with Gasteiger partial charge in [-0.15, -0.1) is 11.8 Å². The minimum Gasteiger partial charge on any atom is -0.326 e. The van der Waals surface area contributed by atoms with E-state index < -0.39 is 0 Å². The van der Waals surface area contributed by atoms with Crippen molar-refractivity contribution in [3.05, 3.63) is 53.6 Å². The van der Waals surface area contributed by atoms with Crippen molar-refractivity contribution in [2.75, 3.05) is 16.4 Å². The molecule has 2 aromatic carbocycles. The summed E-state index contributed by atoms with van der Waals surface area (Å²) in [6, 6.07) is 14.7. The molecule has 0 aliphatic rings. The molecule has 0 aliphatic heterocycles. The molecular formula is C17H17ClN2O2S. The van der Waals surface area contributed by atoms with Crippen molar-refractivity contribution in [1.29, 1.82) is 0 Å². The number of carbonyl (C=O) groups is 2. The molecule has 0 atom stereocenters. The van der Waals surface area contributed by atoms with E-state index in [0.29, 0.717) is 22.8 Å². The largest absolute Gasteiger partial charge is 0.326 e. The van der Waals surface area contributed by atoms with Crippen LogP contribution in [0.5, 0.6) is 0 Å². The van der Waals surface area contributed by atoms with E-state index in [1.165, 1.54) is 11.8 Å². The number of halogens is 1. The zero-order chi connectivity index (χ0) is 16.7. The average molecular weight is 349 g/mol. The van der Waals surface area contributed by atoms with Gasteiger partial charge < -0.3 is 10.6 Å². The van der Waals surface area contributed by atoms with Crippen LogP contribution in [0.2, 0.25) is 5.02 Å². The third-order valence-electron chi connectivity index (χ3n) is 2.96. The minimum atomic E-state index is -0.153. The molecule has 0 saturated carbocycles. The highest BCUT2D eigenvalue weighted by atomic mass is 35.5. The smallest absolute Gasteiger partial charge is 0.234 e. The summed E-state index contributed by atoms with van der Waals surface area (Å²) in [5, 5.41) is 5.93. The van der Waals surface area contributed by atoms with Crippen LogP contribution in [-0.4, -0.2) is 17.6 Å². The molecule has 0 fully saturated rings. The number of anilines is 2. The topological polar surface area (TPSA) is 58.2 Å². The molecule has 0 heterocycles. The Labute approximate surface area is 144 Å². The lowest BCUT2D eigenvalue weighted by Gasteiger charge is -2.10. The number of hydrogen-bond donors (Lipinski definition) is 2. The number of benzene rings is 2. The summed E-state index contributed by atoms with van der Waals surface area (Å²) < 4.78 is 0. The normalized spacial score (nSPS) is 10.2. The van der Waals surface area contributed by atoms with E-state index in [9.17, 15) is 9.59 Å². The van der Waals surface area contributed by atoms with Crippen molar-refractivity contribution >= 4 is 46.6 Å². The molecular weight excluding hydrogens is 332 g/mol. The lowest BCUT2D eigenvalue weighted by molar-refractivity contribution is -0.116.